The second kappa shape index (κ2) is 13.2. The van der Waals surface area contributed by atoms with Gasteiger partial charge in [0.1, 0.15) is 0 Å². The molecule has 3 aromatic rings. The van der Waals surface area contributed by atoms with E-state index in [0.29, 0.717) is 12.1 Å². The van der Waals surface area contributed by atoms with Crippen molar-refractivity contribution in [3.05, 3.63) is 78.9 Å². The zero-order valence-electron chi connectivity index (χ0n) is 22.6. The molecule has 35 heavy (non-hydrogen) atoms. The molecule has 0 heterocycles. The van der Waals surface area contributed by atoms with Crippen molar-refractivity contribution in [2.45, 2.75) is 79.3 Å². The van der Waals surface area contributed by atoms with Crippen molar-refractivity contribution in [2.24, 2.45) is 11.8 Å². The molecular formula is C32H45N3. The van der Waals surface area contributed by atoms with Crippen LogP contribution < -0.4 is 15.5 Å². The minimum absolute atomic E-state index is 0.469. The summed E-state index contributed by atoms with van der Waals surface area (Å²) in [5.41, 5.74) is 5.82. The number of nitrogens with zero attached hydrogens (tertiary/aromatic N) is 1. The summed E-state index contributed by atoms with van der Waals surface area (Å²) in [7, 11) is 0. The van der Waals surface area contributed by atoms with Crippen LogP contribution in [-0.2, 0) is 0 Å². The van der Waals surface area contributed by atoms with Crippen LogP contribution in [0.3, 0.4) is 0 Å². The van der Waals surface area contributed by atoms with E-state index in [-0.39, 0.29) is 0 Å². The topological polar surface area (TPSA) is 27.3 Å². The third-order valence-electron chi connectivity index (χ3n) is 6.45. The van der Waals surface area contributed by atoms with Crippen molar-refractivity contribution < 1.29 is 0 Å². The zero-order chi connectivity index (χ0) is 25.2. The highest BCUT2D eigenvalue weighted by atomic mass is 15.1. The van der Waals surface area contributed by atoms with Crippen molar-refractivity contribution in [1.82, 2.24) is 0 Å². The quantitative estimate of drug-likeness (QED) is 0.260. The predicted octanol–water partition coefficient (Wildman–Crippen LogP) is 9.63. The number of hydrogen-bond acceptors (Lipinski definition) is 3. The molecule has 0 aliphatic heterocycles. The lowest BCUT2D eigenvalue weighted by atomic mass is 10.0. The zero-order valence-corrected chi connectivity index (χ0v) is 22.6. The van der Waals surface area contributed by atoms with E-state index >= 15 is 0 Å². The molecule has 0 amide bonds. The molecule has 0 saturated carbocycles. The summed E-state index contributed by atoms with van der Waals surface area (Å²) < 4.78 is 0. The van der Waals surface area contributed by atoms with Crippen LogP contribution in [0.1, 0.15) is 67.2 Å². The number of anilines is 5. The number of benzene rings is 3. The van der Waals surface area contributed by atoms with E-state index in [0.717, 1.165) is 28.9 Å². The molecule has 0 saturated heterocycles. The SMILES string of the molecule is CC(C)CCC(C)Nc1ccc(N(c2ccccc2)c2ccc(NC(C)CCC(C)C)cc2)cc1. The van der Waals surface area contributed by atoms with Crippen LogP contribution in [0.25, 0.3) is 0 Å². The Morgan fingerprint density at radius 2 is 0.857 bits per heavy atom. The Balaban J connectivity index is 1.75. The van der Waals surface area contributed by atoms with Gasteiger partial charge in [0.25, 0.3) is 0 Å². The highest BCUT2D eigenvalue weighted by Crippen LogP contribution is 2.35. The van der Waals surface area contributed by atoms with Gasteiger partial charge in [-0.2, -0.15) is 0 Å². The standard InChI is InChI=1S/C32H45N3/c1-24(2)12-14-26(5)33-28-16-20-31(21-17-28)35(30-10-8-7-9-11-30)32-22-18-29(19-23-32)34-27(6)15-13-25(3)4/h7-11,16-27,33-34H,12-15H2,1-6H3. The minimum Gasteiger partial charge on any atom is -0.383 e. The normalized spacial score (nSPS) is 13.0. The van der Waals surface area contributed by atoms with Gasteiger partial charge in [0.15, 0.2) is 0 Å². The van der Waals surface area contributed by atoms with Crippen molar-refractivity contribution in [2.75, 3.05) is 15.5 Å². The van der Waals surface area contributed by atoms with E-state index in [9.17, 15) is 0 Å². The van der Waals surface area contributed by atoms with Gasteiger partial charge in [-0.15, -0.1) is 0 Å². The predicted molar refractivity (Wildman–Crippen MR) is 155 cm³/mol. The van der Waals surface area contributed by atoms with E-state index in [2.05, 4.69) is 136 Å². The third-order valence-corrected chi connectivity index (χ3v) is 6.45. The fourth-order valence-electron chi connectivity index (χ4n) is 4.32. The van der Waals surface area contributed by atoms with Crippen LogP contribution in [0.5, 0.6) is 0 Å². The van der Waals surface area contributed by atoms with Crippen molar-refractivity contribution in [3.8, 4) is 0 Å². The summed E-state index contributed by atoms with van der Waals surface area (Å²) in [5.74, 6) is 1.48. The number of hydrogen-bond donors (Lipinski definition) is 2. The maximum Gasteiger partial charge on any atom is 0.0463 e. The molecule has 0 aromatic heterocycles. The van der Waals surface area contributed by atoms with Gasteiger partial charge in [-0.25, -0.2) is 0 Å². The molecule has 2 N–H and O–H groups in total. The molecule has 0 aliphatic rings. The lowest BCUT2D eigenvalue weighted by Gasteiger charge is -2.26. The van der Waals surface area contributed by atoms with Gasteiger partial charge < -0.3 is 15.5 Å². The van der Waals surface area contributed by atoms with Gasteiger partial charge in [0.2, 0.25) is 0 Å². The first kappa shape index (κ1) is 26.7. The Kier molecular flexibility index (Phi) is 10.1. The highest BCUT2D eigenvalue weighted by molar-refractivity contribution is 5.78. The number of para-hydroxylation sites is 1. The minimum atomic E-state index is 0.469. The summed E-state index contributed by atoms with van der Waals surface area (Å²) in [6, 6.07) is 29.2. The molecule has 2 unspecified atom stereocenters. The van der Waals surface area contributed by atoms with Gasteiger partial charge in [-0.3, -0.25) is 0 Å². The van der Waals surface area contributed by atoms with E-state index in [1.807, 2.05) is 0 Å². The molecule has 3 rings (SSSR count). The first-order valence-electron chi connectivity index (χ1n) is 13.4. The molecule has 0 radical (unpaired) electrons. The third kappa shape index (κ3) is 8.65. The molecule has 2 atom stereocenters. The van der Waals surface area contributed by atoms with Gasteiger partial charge in [-0.05, 0) is 112 Å². The highest BCUT2D eigenvalue weighted by Gasteiger charge is 2.13. The van der Waals surface area contributed by atoms with E-state index in [4.69, 9.17) is 0 Å². The van der Waals surface area contributed by atoms with Crippen LogP contribution in [0.4, 0.5) is 28.4 Å². The number of rotatable bonds is 13. The Morgan fingerprint density at radius 1 is 0.486 bits per heavy atom. The lowest BCUT2D eigenvalue weighted by Crippen LogP contribution is -2.16. The Labute approximate surface area is 214 Å². The first-order valence-corrected chi connectivity index (χ1v) is 13.4. The van der Waals surface area contributed by atoms with Crippen LogP contribution in [0, 0.1) is 11.8 Å². The second-order valence-corrected chi connectivity index (χ2v) is 10.8. The van der Waals surface area contributed by atoms with Gasteiger partial charge >= 0.3 is 0 Å². The average molecular weight is 472 g/mol. The fraction of sp³-hybridized carbons (Fsp3) is 0.438. The second-order valence-electron chi connectivity index (χ2n) is 10.8. The molecule has 3 nitrogen and oxygen atoms in total. The molecule has 0 bridgehead atoms. The maximum atomic E-state index is 3.66. The Morgan fingerprint density at radius 3 is 1.23 bits per heavy atom. The first-order chi connectivity index (χ1) is 16.8. The van der Waals surface area contributed by atoms with Crippen LogP contribution in [-0.4, -0.2) is 12.1 Å². The smallest absolute Gasteiger partial charge is 0.0463 e. The molecule has 0 fully saturated rings. The van der Waals surface area contributed by atoms with Crippen LogP contribution in [0.2, 0.25) is 0 Å². The maximum absolute atomic E-state index is 3.66. The van der Waals surface area contributed by atoms with Gasteiger partial charge in [0, 0.05) is 40.5 Å². The Hall–Kier alpha value is -2.94. The summed E-state index contributed by atoms with van der Waals surface area (Å²) in [6.45, 7) is 13.7. The summed E-state index contributed by atoms with van der Waals surface area (Å²) in [4.78, 5) is 2.32. The molecule has 188 valence electrons. The molecular weight excluding hydrogens is 426 g/mol. The van der Waals surface area contributed by atoms with Crippen molar-refractivity contribution >= 4 is 28.4 Å². The largest absolute Gasteiger partial charge is 0.383 e. The summed E-state index contributed by atoms with van der Waals surface area (Å²) in [5, 5.41) is 7.32. The molecule has 3 heteroatoms. The molecule has 0 aliphatic carbocycles. The fourth-order valence-corrected chi connectivity index (χ4v) is 4.32. The van der Waals surface area contributed by atoms with E-state index in [1.165, 1.54) is 37.1 Å². The number of nitrogens with one attached hydrogen (secondary N) is 2. The van der Waals surface area contributed by atoms with Gasteiger partial charge in [-0.1, -0.05) is 45.9 Å². The van der Waals surface area contributed by atoms with Gasteiger partial charge in [0.05, 0.1) is 0 Å². The monoisotopic (exact) mass is 471 g/mol. The van der Waals surface area contributed by atoms with Crippen molar-refractivity contribution in [3.63, 3.8) is 0 Å². The van der Waals surface area contributed by atoms with Crippen molar-refractivity contribution in [1.29, 1.82) is 0 Å². The van der Waals surface area contributed by atoms with Crippen LogP contribution >= 0.6 is 0 Å². The molecule has 0 spiro atoms. The Bertz CT molecular complexity index is 914. The van der Waals surface area contributed by atoms with E-state index in [1.54, 1.807) is 0 Å². The van der Waals surface area contributed by atoms with Crippen LogP contribution in [0.15, 0.2) is 78.9 Å². The lowest BCUT2D eigenvalue weighted by molar-refractivity contribution is 0.528. The van der Waals surface area contributed by atoms with E-state index < -0.39 is 0 Å². The average Bonchev–Trinajstić information content (AvgIpc) is 2.84. The molecule has 3 aromatic carbocycles. The summed E-state index contributed by atoms with van der Waals surface area (Å²) in [6.07, 6.45) is 4.86. The summed E-state index contributed by atoms with van der Waals surface area (Å²) >= 11 is 0.